The Morgan fingerprint density at radius 3 is 2.43 bits per heavy atom. The molecule has 158 valence electrons. The van der Waals surface area contributed by atoms with Gasteiger partial charge in [-0.15, -0.1) is 5.10 Å². The van der Waals surface area contributed by atoms with E-state index >= 15 is 0 Å². The van der Waals surface area contributed by atoms with Crippen molar-refractivity contribution >= 4 is 11.9 Å². The predicted molar refractivity (Wildman–Crippen MR) is 78.4 cm³/mol. The average molecular weight is 414 g/mol. The van der Waals surface area contributed by atoms with Gasteiger partial charge in [0.25, 0.3) is 0 Å². The van der Waals surface area contributed by atoms with Crippen LogP contribution >= 0.6 is 0 Å². The van der Waals surface area contributed by atoms with E-state index < -0.39 is 67.8 Å². The number of rotatable bonds is 6. The Morgan fingerprint density at radius 1 is 1.25 bits per heavy atom. The summed E-state index contributed by atoms with van der Waals surface area (Å²) in [5, 5.41) is 56.0. The molecule has 1 aromatic heterocycles. The van der Waals surface area contributed by atoms with Crippen LogP contribution in [0.1, 0.15) is 11.9 Å². The number of hydrogen-bond acceptors (Lipinski definition) is 9. The molecule has 12 nitrogen and oxygen atoms in total. The average Bonchev–Trinajstić information content (AvgIpc) is 3.06. The van der Waals surface area contributed by atoms with Gasteiger partial charge in [0.15, 0.2) is 6.23 Å². The molecule has 0 spiro atoms. The van der Waals surface area contributed by atoms with Gasteiger partial charge >= 0.3 is 18.1 Å². The molecule has 28 heavy (non-hydrogen) atoms. The van der Waals surface area contributed by atoms with E-state index in [9.17, 15) is 38.1 Å². The van der Waals surface area contributed by atoms with Crippen LogP contribution in [0.2, 0.25) is 0 Å². The summed E-state index contributed by atoms with van der Waals surface area (Å²) in [6.07, 6.45) is -12.6. The molecule has 4 unspecified atom stereocenters. The lowest BCUT2D eigenvalue weighted by Gasteiger charge is -2.39. The molecule has 1 fully saturated rings. The fourth-order valence-electron chi connectivity index (χ4n) is 2.48. The maximum absolute atomic E-state index is 12.3. The van der Waals surface area contributed by atoms with Gasteiger partial charge < -0.3 is 35.6 Å². The second-order valence-electron chi connectivity index (χ2n) is 5.98. The molecule has 1 amide bonds. The van der Waals surface area contributed by atoms with Crippen molar-refractivity contribution in [3.05, 3.63) is 11.9 Å². The predicted octanol–water partition coefficient (Wildman–Crippen LogP) is -3.08. The molecule has 1 aliphatic rings. The summed E-state index contributed by atoms with van der Waals surface area (Å²) >= 11 is 0. The Kier molecular flexibility index (Phi) is 6.56. The third-order valence-corrected chi connectivity index (χ3v) is 3.96. The first-order valence-corrected chi connectivity index (χ1v) is 7.77. The van der Waals surface area contributed by atoms with Crippen molar-refractivity contribution in [3.8, 4) is 0 Å². The van der Waals surface area contributed by atoms with Gasteiger partial charge in [0.2, 0.25) is 0 Å². The van der Waals surface area contributed by atoms with E-state index in [1.807, 2.05) is 0 Å². The number of carbonyl (C=O) groups excluding carboxylic acids is 1. The van der Waals surface area contributed by atoms with E-state index in [-0.39, 0.29) is 5.69 Å². The van der Waals surface area contributed by atoms with Crippen LogP contribution in [0.5, 0.6) is 0 Å². The first kappa shape index (κ1) is 22.0. The van der Waals surface area contributed by atoms with E-state index in [1.165, 1.54) is 5.32 Å². The number of carboxylic acid groups (broad SMARTS) is 1. The third-order valence-electron chi connectivity index (χ3n) is 3.96. The molecule has 6 atom stereocenters. The van der Waals surface area contributed by atoms with E-state index in [0.29, 0.717) is 0 Å². The van der Waals surface area contributed by atoms with Gasteiger partial charge in [0.05, 0.1) is 18.5 Å². The highest BCUT2D eigenvalue weighted by molar-refractivity contribution is 5.87. The van der Waals surface area contributed by atoms with Crippen LogP contribution < -0.4 is 5.32 Å². The molecule has 0 saturated carbocycles. The van der Waals surface area contributed by atoms with Crippen molar-refractivity contribution < 1.29 is 53.0 Å². The molecule has 0 aliphatic carbocycles. The van der Waals surface area contributed by atoms with Gasteiger partial charge in [0, 0.05) is 6.42 Å². The number of nitrogens with one attached hydrogen (secondary N) is 1. The zero-order valence-electron chi connectivity index (χ0n) is 13.9. The van der Waals surface area contributed by atoms with Crippen LogP contribution in [0.4, 0.5) is 13.2 Å². The first-order valence-electron chi connectivity index (χ1n) is 7.77. The van der Waals surface area contributed by atoms with Crippen LogP contribution in [-0.4, -0.2) is 95.6 Å². The Labute approximate surface area is 154 Å². The summed E-state index contributed by atoms with van der Waals surface area (Å²) < 4.78 is 42.9. The Hall–Kier alpha value is -2.33. The number of nitrogens with zero attached hydrogens (tertiary/aromatic N) is 3. The second-order valence-corrected chi connectivity index (χ2v) is 5.98. The molecule has 1 saturated heterocycles. The fourth-order valence-corrected chi connectivity index (χ4v) is 2.48. The largest absolute Gasteiger partial charge is 0.480 e. The van der Waals surface area contributed by atoms with Crippen molar-refractivity contribution in [1.82, 2.24) is 20.3 Å². The van der Waals surface area contributed by atoms with Crippen LogP contribution in [0, 0.1) is 0 Å². The Morgan fingerprint density at radius 2 is 1.89 bits per heavy atom. The number of carboxylic acids is 1. The molecule has 15 heteroatoms. The number of aliphatic hydroxyl groups excluding tert-OH is 4. The van der Waals surface area contributed by atoms with E-state index in [1.54, 1.807) is 0 Å². The summed E-state index contributed by atoms with van der Waals surface area (Å²) in [6, 6.07) is -1.96. The molecule has 0 aromatic carbocycles. The van der Waals surface area contributed by atoms with Crippen molar-refractivity contribution in [1.29, 1.82) is 0 Å². The van der Waals surface area contributed by atoms with Crippen molar-refractivity contribution in [2.75, 3.05) is 6.61 Å². The van der Waals surface area contributed by atoms with E-state index in [0.717, 1.165) is 10.9 Å². The van der Waals surface area contributed by atoms with Gasteiger partial charge in [-0.1, -0.05) is 5.21 Å². The minimum atomic E-state index is -5.28. The number of carbonyl (C=O) groups is 2. The SMILES string of the molecule is O=C(O)C(Cc1cn([C@@H]2OC(CO)[C@H](O)C(O)C2O)nn1)NC(=O)C(F)(F)F. The third kappa shape index (κ3) is 4.74. The highest BCUT2D eigenvalue weighted by Gasteiger charge is 2.45. The number of halogens is 3. The maximum Gasteiger partial charge on any atom is 0.471 e. The topological polar surface area (TPSA) is 187 Å². The normalized spacial score (nSPS) is 29.3. The number of aromatic nitrogens is 3. The lowest BCUT2D eigenvalue weighted by Crippen LogP contribution is -2.56. The summed E-state index contributed by atoms with van der Waals surface area (Å²) in [5.41, 5.74) is -0.174. The van der Waals surface area contributed by atoms with E-state index in [2.05, 4.69) is 10.3 Å². The van der Waals surface area contributed by atoms with Crippen LogP contribution in [-0.2, 0) is 20.7 Å². The number of aliphatic hydroxyl groups is 4. The zero-order chi connectivity index (χ0) is 21.2. The van der Waals surface area contributed by atoms with Crippen LogP contribution in [0.15, 0.2) is 6.20 Å². The van der Waals surface area contributed by atoms with Gasteiger partial charge in [-0.05, 0) is 0 Å². The maximum atomic E-state index is 12.3. The van der Waals surface area contributed by atoms with Gasteiger partial charge in [-0.2, -0.15) is 13.2 Å². The van der Waals surface area contributed by atoms with Gasteiger partial charge in [-0.25, -0.2) is 9.48 Å². The number of ether oxygens (including phenoxy) is 1. The van der Waals surface area contributed by atoms with Crippen molar-refractivity contribution in [2.45, 2.75) is 49.3 Å². The molecule has 0 bridgehead atoms. The van der Waals surface area contributed by atoms with E-state index in [4.69, 9.17) is 14.9 Å². The van der Waals surface area contributed by atoms with Gasteiger partial charge in [0.1, 0.15) is 30.5 Å². The summed E-state index contributed by atoms with van der Waals surface area (Å²) in [4.78, 5) is 22.0. The van der Waals surface area contributed by atoms with Crippen molar-refractivity contribution in [2.24, 2.45) is 0 Å². The minimum Gasteiger partial charge on any atom is -0.480 e. The molecular formula is C13H17F3N4O8. The summed E-state index contributed by atoms with van der Waals surface area (Å²) in [7, 11) is 0. The Bertz CT molecular complexity index is 712. The summed E-state index contributed by atoms with van der Waals surface area (Å²) in [6.45, 7) is -0.701. The lowest BCUT2D eigenvalue weighted by atomic mass is 9.98. The number of amides is 1. The highest BCUT2D eigenvalue weighted by Crippen LogP contribution is 2.27. The lowest BCUT2D eigenvalue weighted by molar-refractivity contribution is -0.254. The smallest absolute Gasteiger partial charge is 0.471 e. The first-order chi connectivity index (χ1) is 13.0. The molecule has 1 aliphatic heterocycles. The molecule has 6 N–H and O–H groups in total. The standard InChI is InChI=1S/C13H17F3N4O8/c14-13(15,16)12(27)17-5(11(25)26)1-4-2-20(19-18-4)10-9(24)8(23)7(22)6(3-21)28-10/h2,5-10,21-24H,1,3H2,(H,17,27)(H,25,26)/t5?,6?,7-,8?,9?,10+/m0/s1. The second kappa shape index (κ2) is 8.36. The molecule has 1 aromatic rings. The number of aliphatic carboxylic acids is 1. The summed E-state index contributed by atoms with van der Waals surface area (Å²) in [5.74, 6) is -4.19. The van der Waals surface area contributed by atoms with Crippen LogP contribution in [0.3, 0.4) is 0 Å². The minimum absolute atomic E-state index is 0.174. The Balaban J connectivity index is 2.13. The number of alkyl halides is 3. The van der Waals surface area contributed by atoms with Crippen LogP contribution in [0.25, 0.3) is 0 Å². The van der Waals surface area contributed by atoms with Gasteiger partial charge in [-0.3, -0.25) is 4.79 Å². The zero-order valence-corrected chi connectivity index (χ0v) is 13.9. The molecule has 2 heterocycles. The molecular weight excluding hydrogens is 397 g/mol. The quantitative estimate of drug-likeness (QED) is 0.279. The monoisotopic (exact) mass is 414 g/mol. The molecule has 0 radical (unpaired) electrons. The number of hydrogen-bond donors (Lipinski definition) is 6. The fraction of sp³-hybridized carbons (Fsp3) is 0.692. The van der Waals surface area contributed by atoms with Crippen molar-refractivity contribution in [3.63, 3.8) is 0 Å². The highest BCUT2D eigenvalue weighted by atomic mass is 19.4. The molecule has 2 rings (SSSR count).